The number of nitrogens with one attached hydrogen (secondary N) is 2. The zero-order valence-electron chi connectivity index (χ0n) is 10.6. The highest BCUT2D eigenvalue weighted by atomic mass is 14.8. The Labute approximate surface area is 102 Å². The first-order valence-corrected chi connectivity index (χ1v) is 6.59. The average Bonchev–Trinajstić information content (AvgIpc) is 2.58. The molecule has 1 aliphatic heterocycles. The van der Waals surface area contributed by atoms with E-state index in [1.165, 1.54) is 27.7 Å². The van der Waals surface area contributed by atoms with Crippen LogP contribution in [0.1, 0.15) is 36.6 Å². The molecule has 0 spiro atoms. The van der Waals surface area contributed by atoms with E-state index in [0.29, 0.717) is 5.92 Å². The lowest BCUT2D eigenvalue weighted by Gasteiger charge is -2.04. The van der Waals surface area contributed by atoms with Crippen molar-refractivity contribution >= 4 is 10.9 Å². The van der Waals surface area contributed by atoms with E-state index in [-0.39, 0.29) is 0 Å². The first-order valence-electron chi connectivity index (χ1n) is 6.59. The first kappa shape index (κ1) is 10.8. The zero-order valence-corrected chi connectivity index (χ0v) is 10.6. The van der Waals surface area contributed by atoms with Crippen molar-refractivity contribution < 1.29 is 0 Å². The Balaban J connectivity index is 2.12. The topological polar surface area (TPSA) is 27.8 Å². The van der Waals surface area contributed by atoms with Crippen LogP contribution in [0.5, 0.6) is 0 Å². The standard InChI is InChI=1S/C15H20N2/c1-10(2)14-9-13-7-11-3-5-16-6-4-12(11)8-15(13)17-14/h7-10,16-17H,3-6H2,1-2H3. The Morgan fingerprint density at radius 1 is 1.00 bits per heavy atom. The normalized spacial score (nSPS) is 16.2. The number of rotatable bonds is 1. The summed E-state index contributed by atoms with van der Waals surface area (Å²) in [4.78, 5) is 3.55. The maximum Gasteiger partial charge on any atom is 0.0459 e. The summed E-state index contributed by atoms with van der Waals surface area (Å²) in [7, 11) is 0. The van der Waals surface area contributed by atoms with E-state index in [4.69, 9.17) is 0 Å². The summed E-state index contributed by atoms with van der Waals surface area (Å²) in [5.74, 6) is 0.573. The molecular formula is C15H20N2. The lowest BCUT2D eigenvalue weighted by atomic mass is 10.0. The fourth-order valence-corrected chi connectivity index (χ4v) is 2.64. The molecule has 0 fully saturated rings. The fraction of sp³-hybridized carbons (Fsp3) is 0.467. The Hall–Kier alpha value is -1.28. The van der Waals surface area contributed by atoms with Gasteiger partial charge in [0.15, 0.2) is 0 Å². The van der Waals surface area contributed by atoms with Crippen molar-refractivity contribution in [2.24, 2.45) is 0 Å². The van der Waals surface area contributed by atoms with E-state index in [9.17, 15) is 0 Å². The summed E-state index contributed by atoms with van der Waals surface area (Å²) in [6.45, 7) is 6.69. The molecule has 2 N–H and O–H groups in total. The number of benzene rings is 1. The van der Waals surface area contributed by atoms with E-state index in [0.717, 1.165) is 25.9 Å². The van der Waals surface area contributed by atoms with Crippen molar-refractivity contribution in [1.82, 2.24) is 10.3 Å². The van der Waals surface area contributed by atoms with E-state index in [1.54, 1.807) is 0 Å². The second kappa shape index (κ2) is 4.19. The number of aromatic nitrogens is 1. The molecule has 90 valence electrons. The first-order chi connectivity index (χ1) is 8.24. The molecular weight excluding hydrogens is 208 g/mol. The Kier molecular flexibility index (Phi) is 2.67. The minimum atomic E-state index is 0.573. The molecule has 0 saturated heterocycles. The molecule has 2 nitrogen and oxygen atoms in total. The molecule has 2 heteroatoms. The van der Waals surface area contributed by atoms with Gasteiger partial charge in [-0.05, 0) is 66.6 Å². The maximum atomic E-state index is 3.55. The number of hydrogen-bond acceptors (Lipinski definition) is 1. The molecule has 3 rings (SSSR count). The van der Waals surface area contributed by atoms with Gasteiger partial charge in [-0.2, -0.15) is 0 Å². The van der Waals surface area contributed by atoms with Crippen LogP contribution < -0.4 is 5.32 Å². The molecule has 2 heterocycles. The van der Waals surface area contributed by atoms with Gasteiger partial charge in [-0.1, -0.05) is 13.8 Å². The average molecular weight is 228 g/mol. The van der Waals surface area contributed by atoms with Crippen molar-refractivity contribution in [2.75, 3.05) is 13.1 Å². The second-order valence-corrected chi connectivity index (χ2v) is 5.34. The van der Waals surface area contributed by atoms with Gasteiger partial charge in [0.05, 0.1) is 0 Å². The van der Waals surface area contributed by atoms with Gasteiger partial charge in [0.25, 0.3) is 0 Å². The van der Waals surface area contributed by atoms with Gasteiger partial charge in [0.1, 0.15) is 0 Å². The number of fused-ring (bicyclic) bond motifs is 2. The quantitative estimate of drug-likeness (QED) is 0.771. The van der Waals surface area contributed by atoms with Crippen LogP contribution in [0.3, 0.4) is 0 Å². The van der Waals surface area contributed by atoms with E-state index < -0.39 is 0 Å². The third kappa shape index (κ3) is 1.98. The summed E-state index contributed by atoms with van der Waals surface area (Å²) < 4.78 is 0. The van der Waals surface area contributed by atoms with Crippen LogP contribution >= 0.6 is 0 Å². The fourth-order valence-electron chi connectivity index (χ4n) is 2.64. The predicted molar refractivity (Wildman–Crippen MR) is 72.7 cm³/mol. The third-order valence-corrected chi connectivity index (χ3v) is 3.73. The summed E-state index contributed by atoms with van der Waals surface area (Å²) >= 11 is 0. The van der Waals surface area contributed by atoms with Gasteiger partial charge in [-0.3, -0.25) is 0 Å². The Morgan fingerprint density at radius 2 is 1.71 bits per heavy atom. The number of hydrogen-bond donors (Lipinski definition) is 2. The zero-order chi connectivity index (χ0) is 11.8. The smallest absolute Gasteiger partial charge is 0.0459 e. The molecule has 0 amide bonds. The monoisotopic (exact) mass is 228 g/mol. The van der Waals surface area contributed by atoms with E-state index >= 15 is 0 Å². The molecule has 1 aromatic carbocycles. The lowest BCUT2D eigenvalue weighted by molar-refractivity contribution is 0.711. The molecule has 0 saturated carbocycles. The SMILES string of the molecule is CC(C)c1cc2cc3c(cc2[nH]1)CCNCC3. The van der Waals surface area contributed by atoms with Crippen molar-refractivity contribution in [1.29, 1.82) is 0 Å². The minimum Gasteiger partial charge on any atom is -0.358 e. The summed E-state index contributed by atoms with van der Waals surface area (Å²) in [5, 5.41) is 4.83. The molecule has 17 heavy (non-hydrogen) atoms. The molecule has 2 aromatic rings. The van der Waals surface area contributed by atoms with Crippen molar-refractivity contribution in [3.05, 3.63) is 35.0 Å². The van der Waals surface area contributed by atoms with Gasteiger partial charge in [0.2, 0.25) is 0 Å². The van der Waals surface area contributed by atoms with E-state index in [2.05, 4.69) is 42.3 Å². The lowest BCUT2D eigenvalue weighted by Crippen LogP contribution is -2.16. The van der Waals surface area contributed by atoms with Crippen LogP contribution in [0.15, 0.2) is 18.2 Å². The predicted octanol–water partition coefficient (Wildman–Crippen LogP) is 2.98. The Morgan fingerprint density at radius 3 is 2.41 bits per heavy atom. The van der Waals surface area contributed by atoms with Gasteiger partial charge in [-0.25, -0.2) is 0 Å². The molecule has 0 atom stereocenters. The van der Waals surface area contributed by atoms with Crippen molar-refractivity contribution in [2.45, 2.75) is 32.6 Å². The highest BCUT2D eigenvalue weighted by Crippen LogP contribution is 2.25. The van der Waals surface area contributed by atoms with Gasteiger partial charge in [-0.15, -0.1) is 0 Å². The number of aromatic amines is 1. The van der Waals surface area contributed by atoms with Crippen LogP contribution in [0.25, 0.3) is 10.9 Å². The molecule has 0 radical (unpaired) electrons. The molecule has 0 aliphatic carbocycles. The number of H-pyrrole nitrogens is 1. The van der Waals surface area contributed by atoms with Crippen LogP contribution in [-0.2, 0) is 12.8 Å². The Bertz CT molecular complexity index is 494. The highest BCUT2D eigenvalue weighted by Gasteiger charge is 2.11. The van der Waals surface area contributed by atoms with Crippen molar-refractivity contribution in [3.8, 4) is 0 Å². The van der Waals surface area contributed by atoms with Gasteiger partial charge < -0.3 is 10.3 Å². The second-order valence-electron chi connectivity index (χ2n) is 5.34. The van der Waals surface area contributed by atoms with Crippen LogP contribution in [0.4, 0.5) is 0 Å². The maximum absolute atomic E-state index is 3.55. The van der Waals surface area contributed by atoms with Crippen LogP contribution in [0, 0.1) is 0 Å². The summed E-state index contributed by atoms with van der Waals surface area (Å²) in [6.07, 6.45) is 2.31. The molecule has 1 aromatic heterocycles. The highest BCUT2D eigenvalue weighted by molar-refractivity contribution is 5.82. The van der Waals surface area contributed by atoms with Crippen molar-refractivity contribution in [3.63, 3.8) is 0 Å². The van der Waals surface area contributed by atoms with E-state index in [1.807, 2.05) is 0 Å². The third-order valence-electron chi connectivity index (χ3n) is 3.73. The van der Waals surface area contributed by atoms with Crippen LogP contribution in [-0.4, -0.2) is 18.1 Å². The van der Waals surface area contributed by atoms with Gasteiger partial charge >= 0.3 is 0 Å². The van der Waals surface area contributed by atoms with Gasteiger partial charge in [0, 0.05) is 11.2 Å². The minimum absolute atomic E-state index is 0.573. The molecule has 0 unspecified atom stereocenters. The molecule has 0 bridgehead atoms. The molecule has 1 aliphatic rings. The largest absolute Gasteiger partial charge is 0.358 e. The summed E-state index contributed by atoms with van der Waals surface area (Å²) in [5.41, 5.74) is 5.68. The van der Waals surface area contributed by atoms with Crippen LogP contribution in [0.2, 0.25) is 0 Å². The summed E-state index contributed by atoms with van der Waals surface area (Å²) in [6, 6.07) is 7.03.